The van der Waals surface area contributed by atoms with Gasteiger partial charge >= 0.3 is 0 Å². The van der Waals surface area contributed by atoms with E-state index in [-0.39, 0.29) is 18.2 Å². The first-order chi connectivity index (χ1) is 5.74. The second kappa shape index (κ2) is 4.01. The molecule has 0 fully saturated rings. The molecule has 0 radical (unpaired) electrons. The zero-order chi connectivity index (χ0) is 8.97. The van der Waals surface area contributed by atoms with Crippen LogP contribution in [0.4, 0.5) is 0 Å². The molecule has 12 heavy (non-hydrogen) atoms. The first-order valence-electron chi connectivity index (χ1n) is 3.80. The molecule has 66 valence electrons. The van der Waals surface area contributed by atoms with E-state index in [1.54, 1.807) is 0 Å². The normalized spacial score (nSPS) is 10.2. The average Bonchev–Trinajstić information content (AvgIpc) is 2.48. The van der Waals surface area contributed by atoms with Crippen molar-refractivity contribution < 1.29 is 14.3 Å². The molecule has 1 aromatic rings. The van der Waals surface area contributed by atoms with Crippen molar-refractivity contribution in [1.82, 2.24) is 4.98 Å². The summed E-state index contributed by atoms with van der Waals surface area (Å²) in [7, 11) is 0. The van der Waals surface area contributed by atoms with Crippen LogP contribution in [0.1, 0.15) is 29.8 Å². The van der Waals surface area contributed by atoms with E-state index in [4.69, 9.17) is 9.52 Å². The van der Waals surface area contributed by atoms with Crippen molar-refractivity contribution in [3.63, 3.8) is 0 Å². The minimum atomic E-state index is -0.127. The van der Waals surface area contributed by atoms with Crippen molar-refractivity contribution in [1.29, 1.82) is 0 Å². The molecule has 0 atom stereocenters. The van der Waals surface area contributed by atoms with Gasteiger partial charge in [-0.3, -0.25) is 4.79 Å². The Morgan fingerprint density at radius 3 is 3.00 bits per heavy atom. The number of hydrogen-bond acceptors (Lipinski definition) is 4. The van der Waals surface area contributed by atoms with Crippen LogP contribution in [0.3, 0.4) is 0 Å². The van der Waals surface area contributed by atoms with Gasteiger partial charge in [0.05, 0.1) is 6.20 Å². The molecule has 0 aliphatic carbocycles. The third kappa shape index (κ3) is 2.17. The average molecular weight is 169 g/mol. The summed E-state index contributed by atoms with van der Waals surface area (Å²) in [4.78, 5) is 14.6. The van der Waals surface area contributed by atoms with Gasteiger partial charge in [0.2, 0.25) is 0 Å². The van der Waals surface area contributed by atoms with Crippen LogP contribution in [-0.2, 0) is 6.42 Å². The second-order valence-electron chi connectivity index (χ2n) is 2.50. The van der Waals surface area contributed by atoms with E-state index >= 15 is 0 Å². The van der Waals surface area contributed by atoms with Gasteiger partial charge < -0.3 is 9.52 Å². The van der Waals surface area contributed by atoms with E-state index in [1.165, 1.54) is 13.1 Å². The molecule has 4 heteroatoms. The number of aliphatic hydroxyl groups is 1. The summed E-state index contributed by atoms with van der Waals surface area (Å²) in [6, 6.07) is 0. The molecule has 0 saturated carbocycles. The number of rotatable bonds is 4. The summed E-state index contributed by atoms with van der Waals surface area (Å²) in [5.74, 6) is 0.662. The second-order valence-corrected chi connectivity index (χ2v) is 2.50. The van der Waals surface area contributed by atoms with Crippen LogP contribution in [0.25, 0.3) is 0 Å². The van der Waals surface area contributed by atoms with Crippen LogP contribution in [-0.4, -0.2) is 22.5 Å². The molecule has 1 aromatic heterocycles. The van der Waals surface area contributed by atoms with Crippen molar-refractivity contribution in [3.8, 4) is 0 Å². The minimum Gasteiger partial charge on any atom is -0.438 e. The fraction of sp³-hybridized carbons (Fsp3) is 0.500. The molecule has 1 heterocycles. The SMILES string of the molecule is CC(=O)c1cnc(CCCO)o1. The van der Waals surface area contributed by atoms with Gasteiger partial charge in [-0.2, -0.15) is 0 Å². The summed E-state index contributed by atoms with van der Waals surface area (Å²) in [5, 5.41) is 8.51. The first-order valence-corrected chi connectivity index (χ1v) is 3.80. The molecule has 4 nitrogen and oxygen atoms in total. The molecule has 0 spiro atoms. The molecule has 0 amide bonds. The van der Waals surface area contributed by atoms with Gasteiger partial charge in [0, 0.05) is 20.0 Å². The number of nitrogens with zero attached hydrogens (tertiary/aromatic N) is 1. The molecule has 0 aliphatic heterocycles. The predicted octanol–water partition coefficient (Wildman–Crippen LogP) is 0.802. The van der Waals surface area contributed by atoms with E-state index in [1.807, 2.05) is 0 Å². The highest BCUT2D eigenvalue weighted by Gasteiger charge is 2.06. The summed E-state index contributed by atoms with van der Waals surface area (Å²) in [6.45, 7) is 1.54. The smallest absolute Gasteiger partial charge is 0.196 e. The Hall–Kier alpha value is -1.16. The first kappa shape index (κ1) is 8.93. The Balaban J connectivity index is 2.58. The predicted molar refractivity (Wildman–Crippen MR) is 41.9 cm³/mol. The highest BCUT2D eigenvalue weighted by Crippen LogP contribution is 2.05. The Bertz CT molecular complexity index is 267. The number of aliphatic hydroxyl groups excluding tert-OH is 1. The van der Waals surface area contributed by atoms with Crippen LogP contribution < -0.4 is 0 Å². The number of hydrogen-bond donors (Lipinski definition) is 1. The Labute approximate surface area is 70.2 Å². The quantitative estimate of drug-likeness (QED) is 0.677. The van der Waals surface area contributed by atoms with Gasteiger partial charge in [-0.05, 0) is 6.42 Å². The van der Waals surface area contributed by atoms with Crippen LogP contribution >= 0.6 is 0 Å². The van der Waals surface area contributed by atoms with Crippen molar-refractivity contribution in [2.24, 2.45) is 0 Å². The van der Waals surface area contributed by atoms with Crippen LogP contribution in [0, 0.1) is 0 Å². The van der Waals surface area contributed by atoms with E-state index in [0.717, 1.165) is 0 Å². The lowest BCUT2D eigenvalue weighted by Crippen LogP contribution is -1.89. The van der Waals surface area contributed by atoms with E-state index in [9.17, 15) is 4.79 Å². The fourth-order valence-corrected chi connectivity index (χ4v) is 0.819. The maximum Gasteiger partial charge on any atom is 0.196 e. The number of carbonyl (C=O) groups is 1. The molecule has 1 rings (SSSR count). The molecule has 0 aliphatic rings. The Morgan fingerprint density at radius 2 is 2.50 bits per heavy atom. The number of Topliss-reactive ketones (excluding diaryl/α,β-unsaturated/α-hetero) is 1. The molecule has 0 unspecified atom stereocenters. The third-order valence-electron chi connectivity index (χ3n) is 1.45. The van der Waals surface area contributed by atoms with Crippen molar-refractivity contribution in [2.45, 2.75) is 19.8 Å². The number of aromatic nitrogens is 1. The van der Waals surface area contributed by atoms with Gasteiger partial charge in [-0.15, -0.1) is 0 Å². The molecule has 1 N–H and O–H groups in total. The number of ketones is 1. The van der Waals surface area contributed by atoms with Crippen molar-refractivity contribution >= 4 is 5.78 Å². The molecular formula is C8H11NO3. The lowest BCUT2D eigenvalue weighted by atomic mass is 10.3. The van der Waals surface area contributed by atoms with Crippen LogP contribution in [0.15, 0.2) is 10.6 Å². The van der Waals surface area contributed by atoms with E-state index in [2.05, 4.69) is 4.98 Å². The largest absolute Gasteiger partial charge is 0.438 e. The topological polar surface area (TPSA) is 63.3 Å². The minimum absolute atomic E-state index is 0.109. The molecular weight excluding hydrogens is 158 g/mol. The summed E-state index contributed by atoms with van der Waals surface area (Å²) >= 11 is 0. The molecule has 0 aromatic carbocycles. The van der Waals surface area contributed by atoms with Crippen molar-refractivity contribution in [3.05, 3.63) is 17.8 Å². The van der Waals surface area contributed by atoms with Gasteiger partial charge in [0.1, 0.15) is 0 Å². The number of carbonyl (C=O) groups excluding carboxylic acids is 1. The Morgan fingerprint density at radius 1 is 1.75 bits per heavy atom. The third-order valence-corrected chi connectivity index (χ3v) is 1.45. The highest BCUT2D eigenvalue weighted by atomic mass is 16.4. The monoisotopic (exact) mass is 169 g/mol. The van der Waals surface area contributed by atoms with Gasteiger partial charge in [-0.25, -0.2) is 4.98 Å². The zero-order valence-corrected chi connectivity index (χ0v) is 6.91. The maximum atomic E-state index is 10.7. The zero-order valence-electron chi connectivity index (χ0n) is 6.91. The van der Waals surface area contributed by atoms with Gasteiger partial charge in [0.25, 0.3) is 0 Å². The van der Waals surface area contributed by atoms with Crippen molar-refractivity contribution in [2.75, 3.05) is 6.61 Å². The number of aryl methyl sites for hydroxylation is 1. The summed E-state index contributed by atoms with van der Waals surface area (Å²) < 4.78 is 5.08. The van der Waals surface area contributed by atoms with E-state index in [0.29, 0.717) is 18.7 Å². The van der Waals surface area contributed by atoms with E-state index < -0.39 is 0 Å². The summed E-state index contributed by atoms with van der Waals surface area (Å²) in [5.41, 5.74) is 0. The Kier molecular flexibility index (Phi) is 2.99. The lowest BCUT2D eigenvalue weighted by Gasteiger charge is -1.90. The summed E-state index contributed by atoms with van der Waals surface area (Å²) in [6.07, 6.45) is 2.59. The number of oxazole rings is 1. The fourth-order valence-electron chi connectivity index (χ4n) is 0.819. The van der Waals surface area contributed by atoms with Crippen LogP contribution in [0.2, 0.25) is 0 Å². The van der Waals surface area contributed by atoms with Gasteiger partial charge in [0.15, 0.2) is 17.4 Å². The standard InChI is InChI=1S/C8H11NO3/c1-6(11)7-5-9-8(12-7)3-2-4-10/h5,10H,2-4H2,1H3. The maximum absolute atomic E-state index is 10.7. The highest BCUT2D eigenvalue weighted by molar-refractivity contribution is 5.90. The molecule has 0 bridgehead atoms. The molecule has 0 saturated heterocycles. The van der Waals surface area contributed by atoms with Gasteiger partial charge in [-0.1, -0.05) is 0 Å². The lowest BCUT2D eigenvalue weighted by molar-refractivity contribution is 0.0985. The van der Waals surface area contributed by atoms with Crippen LogP contribution in [0.5, 0.6) is 0 Å².